The third-order valence-electron chi connectivity index (χ3n) is 3.93. The number of ether oxygens (including phenoxy) is 3. The third-order valence-corrected chi connectivity index (χ3v) is 4.22. The van der Waals surface area contributed by atoms with Gasteiger partial charge in [0.2, 0.25) is 5.91 Å². The number of halogens is 2. The average molecular weight is 392 g/mol. The first-order valence-corrected chi connectivity index (χ1v) is 8.82. The fraction of sp³-hybridized carbons (Fsp3) is 0.250. The van der Waals surface area contributed by atoms with Crippen molar-refractivity contribution in [3.8, 4) is 17.2 Å². The van der Waals surface area contributed by atoms with E-state index in [9.17, 15) is 9.18 Å². The van der Waals surface area contributed by atoms with Gasteiger partial charge in [-0.2, -0.15) is 0 Å². The third kappa shape index (κ3) is 4.92. The zero-order chi connectivity index (χ0) is 19.2. The fourth-order valence-corrected chi connectivity index (χ4v) is 2.76. The van der Waals surface area contributed by atoms with Crippen molar-refractivity contribution in [3.05, 3.63) is 58.9 Å². The molecule has 1 aliphatic rings. The van der Waals surface area contributed by atoms with Crippen LogP contribution in [0.25, 0.3) is 6.08 Å². The first-order chi connectivity index (χ1) is 13.0. The molecular formula is C20H19ClFNO4. The molecule has 0 bridgehead atoms. The molecule has 0 aromatic heterocycles. The molecule has 0 spiro atoms. The molecule has 142 valence electrons. The largest absolute Gasteiger partial charge is 0.489 e. The smallest absolute Gasteiger partial charge is 0.246 e. The van der Waals surface area contributed by atoms with E-state index >= 15 is 0 Å². The van der Waals surface area contributed by atoms with Crippen LogP contribution in [-0.2, 0) is 4.79 Å². The highest BCUT2D eigenvalue weighted by Crippen LogP contribution is 2.38. The van der Waals surface area contributed by atoms with Crippen LogP contribution < -0.4 is 14.2 Å². The Morgan fingerprint density at radius 1 is 1.30 bits per heavy atom. The van der Waals surface area contributed by atoms with Gasteiger partial charge in [0.15, 0.2) is 23.1 Å². The minimum atomic E-state index is -0.429. The molecule has 3 rings (SSSR count). The van der Waals surface area contributed by atoms with E-state index in [4.69, 9.17) is 25.8 Å². The first kappa shape index (κ1) is 19.0. The van der Waals surface area contributed by atoms with Gasteiger partial charge in [0.25, 0.3) is 0 Å². The Bertz CT molecular complexity index is 856. The van der Waals surface area contributed by atoms with Crippen molar-refractivity contribution in [2.24, 2.45) is 0 Å². The molecule has 1 amide bonds. The predicted molar refractivity (Wildman–Crippen MR) is 101 cm³/mol. The lowest BCUT2D eigenvalue weighted by atomic mass is 10.1. The second-order valence-electron chi connectivity index (χ2n) is 5.90. The first-order valence-electron chi connectivity index (χ1n) is 8.44. The van der Waals surface area contributed by atoms with E-state index in [1.54, 1.807) is 43.5 Å². The Hall–Kier alpha value is -2.73. The molecule has 0 aliphatic carbocycles. The Morgan fingerprint density at radius 3 is 2.89 bits per heavy atom. The summed E-state index contributed by atoms with van der Waals surface area (Å²) < 4.78 is 29.8. The molecule has 5 nitrogen and oxygen atoms in total. The molecule has 0 radical (unpaired) electrons. The number of carbonyl (C=O) groups excluding carboxylic acids is 1. The predicted octanol–water partition coefficient (Wildman–Crippen LogP) is 3.80. The lowest BCUT2D eigenvalue weighted by Crippen LogP contribution is -2.29. The molecule has 1 aliphatic heterocycles. The molecule has 0 N–H and O–H groups in total. The SMILES string of the molecule is CN(CCOc1ccccc1F)C(=O)/C=C/c1cc(Cl)c2c(c1)OCCO2. The highest BCUT2D eigenvalue weighted by molar-refractivity contribution is 6.32. The van der Waals surface area contributed by atoms with E-state index in [0.717, 1.165) is 5.56 Å². The minimum absolute atomic E-state index is 0.166. The van der Waals surface area contributed by atoms with Crippen LogP contribution in [0.5, 0.6) is 17.2 Å². The Morgan fingerprint density at radius 2 is 2.07 bits per heavy atom. The number of hydrogen-bond donors (Lipinski definition) is 0. The van der Waals surface area contributed by atoms with Crippen LogP contribution in [0.4, 0.5) is 4.39 Å². The summed E-state index contributed by atoms with van der Waals surface area (Å²) in [7, 11) is 1.65. The topological polar surface area (TPSA) is 48.0 Å². The van der Waals surface area contributed by atoms with Gasteiger partial charge in [-0.1, -0.05) is 23.7 Å². The van der Waals surface area contributed by atoms with Gasteiger partial charge in [0.1, 0.15) is 19.8 Å². The van der Waals surface area contributed by atoms with Gasteiger partial charge in [-0.15, -0.1) is 0 Å². The second kappa shape index (κ2) is 8.77. The van der Waals surface area contributed by atoms with Crippen molar-refractivity contribution < 1.29 is 23.4 Å². The molecule has 0 saturated carbocycles. The fourth-order valence-electron chi connectivity index (χ4n) is 2.49. The summed E-state index contributed by atoms with van der Waals surface area (Å²) in [6.45, 7) is 1.42. The Labute approximate surface area is 161 Å². The molecule has 0 fully saturated rings. The number of likely N-dealkylation sites (N-methyl/N-ethyl adjacent to an activating group) is 1. The Kier molecular flexibility index (Phi) is 6.19. The van der Waals surface area contributed by atoms with Crippen molar-refractivity contribution in [1.29, 1.82) is 0 Å². The van der Waals surface area contributed by atoms with Crippen molar-refractivity contribution >= 4 is 23.6 Å². The summed E-state index contributed by atoms with van der Waals surface area (Å²) >= 11 is 6.18. The maximum Gasteiger partial charge on any atom is 0.246 e. The summed E-state index contributed by atoms with van der Waals surface area (Å²) in [4.78, 5) is 13.7. The highest BCUT2D eigenvalue weighted by atomic mass is 35.5. The molecule has 27 heavy (non-hydrogen) atoms. The lowest BCUT2D eigenvalue weighted by Gasteiger charge is -2.19. The highest BCUT2D eigenvalue weighted by Gasteiger charge is 2.16. The van der Waals surface area contributed by atoms with E-state index in [1.165, 1.54) is 17.0 Å². The van der Waals surface area contributed by atoms with Crippen LogP contribution in [0, 0.1) is 5.82 Å². The van der Waals surface area contributed by atoms with Crippen molar-refractivity contribution in [2.75, 3.05) is 33.4 Å². The molecule has 2 aromatic carbocycles. The summed E-state index contributed by atoms with van der Waals surface area (Å²) in [6, 6.07) is 9.63. The van der Waals surface area contributed by atoms with Gasteiger partial charge < -0.3 is 19.1 Å². The number of benzene rings is 2. The van der Waals surface area contributed by atoms with Crippen LogP contribution in [0.15, 0.2) is 42.5 Å². The number of amides is 1. The number of para-hydroxylation sites is 1. The standard InChI is InChI=1S/C20H19ClFNO4/c1-23(8-9-25-17-5-3-2-4-16(17)22)19(24)7-6-14-12-15(21)20-18(13-14)26-10-11-27-20/h2-7,12-13H,8-11H2,1H3/b7-6+. The van der Waals surface area contributed by atoms with E-state index in [-0.39, 0.29) is 18.3 Å². The molecule has 1 heterocycles. The van der Waals surface area contributed by atoms with Gasteiger partial charge in [0.05, 0.1) is 11.6 Å². The van der Waals surface area contributed by atoms with E-state index < -0.39 is 5.82 Å². The normalized spacial score (nSPS) is 12.9. The molecular weight excluding hydrogens is 373 g/mol. The van der Waals surface area contributed by atoms with Gasteiger partial charge >= 0.3 is 0 Å². The van der Waals surface area contributed by atoms with Crippen molar-refractivity contribution in [2.45, 2.75) is 0 Å². The molecule has 0 atom stereocenters. The summed E-state index contributed by atoms with van der Waals surface area (Å²) in [5.41, 5.74) is 0.730. The van der Waals surface area contributed by atoms with E-state index in [0.29, 0.717) is 36.3 Å². The number of rotatable bonds is 6. The van der Waals surface area contributed by atoms with Gasteiger partial charge in [-0.25, -0.2) is 4.39 Å². The van der Waals surface area contributed by atoms with Crippen LogP contribution in [-0.4, -0.2) is 44.2 Å². The zero-order valence-corrected chi connectivity index (χ0v) is 15.5. The van der Waals surface area contributed by atoms with Crippen LogP contribution >= 0.6 is 11.6 Å². The van der Waals surface area contributed by atoms with E-state index in [2.05, 4.69) is 0 Å². The van der Waals surface area contributed by atoms with Gasteiger partial charge in [-0.05, 0) is 35.9 Å². The zero-order valence-electron chi connectivity index (χ0n) is 14.8. The maximum atomic E-state index is 13.5. The summed E-state index contributed by atoms with van der Waals surface area (Å²) in [5.74, 6) is 0.612. The summed E-state index contributed by atoms with van der Waals surface area (Å²) in [6.07, 6.45) is 3.09. The molecule has 7 heteroatoms. The number of fused-ring (bicyclic) bond motifs is 1. The monoisotopic (exact) mass is 391 g/mol. The van der Waals surface area contributed by atoms with Crippen LogP contribution in [0.1, 0.15) is 5.56 Å². The maximum absolute atomic E-state index is 13.5. The van der Waals surface area contributed by atoms with Crippen LogP contribution in [0.3, 0.4) is 0 Å². The van der Waals surface area contributed by atoms with E-state index in [1.807, 2.05) is 0 Å². The van der Waals surface area contributed by atoms with Crippen LogP contribution in [0.2, 0.25) is 5.02 Å². The molecule has 2 aromatic rings. The van der Waals surface area contributed by atoms with Gasteiger partial charge in [-0.3, -0.25) is 4.79 Å². The quantitative estimate of drug-likeness (QED) is 0.703. The average Bonchev–Trinajstić information content (AvgIpc) is 2.67. The lowest BCUT2D eigenvalue weighted by molar-refractivity contribution is -0.125. The minimum Gasteiger partial charge on any atom is -0.489 e. The van der Waals surface area contributed by atoms with Crippen molar-refractivity contribution in [3.63, 3.8) is 0 Å². The number of carbonyl (C=O) groups is 1. The van der Waals surface area contributed by atoms with Gasteiger partial charge in [0, 0.05) is 13.1 Å². The molecule has 0 saturated heterocycles. The van der Waals surface area contributed by atoms with Crippen molar-refractivity contribution in [1.82, 2.24) is 4.90 Å². The molecule has 0 unspecified atom stereocenters. The number of hydrogen-bond acceptors (Lipinski definition) is 4. The summed E-state index contributed by atoms with van der Waals surface area (Å²) in [5, 5.41) is 0.436. The second-order valence-corrected chi connectivity index (χ2v) is 6.31. The Balaban J connectivity index is 1.55. The number of nitrogens with zero attached hydrogens (tertiary/aromatic N) is 1.